The zero-order valence-corrected chi connectivity index (χ0v) is 18.1. The van der Waals surface area contributed by atoms with Crippen LogP contribution in [-0.2, 0) is 10.0 Å². The van der Waals surface area contributed by atoms with Gasteiger partial charge in [-0.2, -0.15) is 9.40 Å². The predicted octanol–water partition coefficient (Wildman–Crippen LogP) is 1.52. The SMILES string of the molecule is CC(C)n1nc(C(=O)N2CCN(S(=O)(=O)c3cccnc3)CC2)c2ccccc2c1=O. The lowest BCUT2D eigenvalue weighted by molar-refractivity contribution is 0.0691. The van der Waals surface area contributed by atoms with E-state index in [4.69, 9.17) is 0 Å². The Morgan fingerprint density at radius 1 is 1.00 bits per heavy atom. The number of carbonyl (C=O) groups excluding carboxylic acids is 1. The van der Waals surface area contributed by atoms with Crippen molar-refractivity contribution in [3.63, 3.8) is 0 Å². The Morgan fingerprint density at radius 3 is 2.29 bits per heavy atom. The first kappa shape index (κ1) is 21.1. The van der Waals surface area contributed by atoms with Gasteiger partial charge in [-0.1, -0.05) is 18.2 Å². The Labute approximate surface area is 180 Å². The number of rotatable bonds is 4. The van der Waals surface area contributed by atoms with Crippen molar-refractivity contribution in [1.82, 2.24) is 24.0 Å². The van der Waals surface area contributed by atoms with E-state index in [1.807, 2.05) is 13.8 Å². The minimum absolute atomic E-state index is 0.131. The number of fused-ring (bicyclic) bond motifs is 1. The molecular weight excluding hydrogens is 418 g/mol. The van der Waals surface area contributed by atoms with Gasteiger partial charge in [0.1, 0.15) is 4.90 Å². The van der Waals surface area contributed by atoms with Gasteiger partial charge in [0, 0.05) is 44.0 Å². The van der Waals surface area contributed by atoms with Gasteiger partial charge in [-0.05, 0) is 32.0 Å². The summed E-state index contributed by atoms with van der Waals surface area (Å²) >= 11 is 0. The van der Waals surface area contributed by atoms with E-state index in [1.54, 1.807) is 35.2 Å². The van der Waals surface area contributed by atoms with Crippen LogP contribution in [0.25, 0.3) is 10.8 Å². The molecule has 162 valence electrons. The highest BCUT2D eigenvalue weighted by Gasteiger charge is 2.32. The topological polar surface area (TPSA) is 105 Å². The summed E-state index contributed by atoms with van der Waals surface area (Å²) in [4.78, 5) is 31.6. The molecule has 0 N–H and O–H groups in total. The zero-order valence-electron chi connectivity index (χ0n) is 17.3. The molecule has 2 aromatic heterocycles. The maximum Gasteiger partial charge on any atom is 0.275 e. The highest BCUT2D eigenvalue weighted by Crippen LogP contribution is 2.20. The highest BCUT2D eigenvalue weighted by atomic mass is 32.2. The molecule has 0 unspecified atom stereocenters. The van der Waals surface area contributed by atoms with Gasteiger partial charge in [0.25, 0.3) is 11.5 Å². The molecule has 3 aromatic rings. The molecular formula is C21H23N5O4S. The number of nitrogens with zero attached hydrogens (tertiary/aromatic N) is 5. The summed E-state index contributed by atoms with van der Waals surface area (Å²) in [5, 5.41) is 5.30. The fourth-order valence-electron chi connectivity index (χ4n) is 3.64. The van der Waals surface area contributed by atoms with Gasteiger partial charge < -0.3 is 4.90 Å². The number of hydrogen-bond acceptors (Lipinski definition) is 6. The third-order valence-electron chi connectivity index (χ3n) is 5.32. The number of hydrogen-bond donors (Lipinski definition) is 0. The van der Waals surface area contributed by atoms with Crippen molar-refractivity contribution in [2.75, 3.05) is 26.2 Å². The Balaban J connectivity index is 1.61. The number of aromatic nitrogens is 3. The molecule has 10 heteroatoms. The smallest absolute Gasteiger partial charge is 0.275 e. The van der Waals surface area contributed by atoms with Crippen molar-refractivity contribution >= 4 is 26.7 Å². The molecule has 0 saturated carbocycles. The van der Waals surface area contributed by atoms with Gasteiger partial charge in [-0.25, -0.2) is 13.1 Å². The second-order valence-electron chi connectivity index (χ2n) is 7.62. The largest absolute Gasteiger partial charge is 0.335 e. The van der Waals surface area contributed by atoms with E-state index in [0.29, 0.717) is 10.8 Å². The molecule has 0 radical (unpaired) electrons. The van der Waals surface area contributed by atoms with Crippen molar-refractivity contribution < 1.29 is 13.2 Å². The number of amides is 1. The first-order valence-electron chi connectivity index (χ1n) is 10.0. The standard InChI is InChI=1S/C21H23N5O4S/c1-15(2)26-20(27)18-8-4-3-7-17(18)19(23-26)21(28)24-10-12-25(13-11-24)31(29,30)16-6-5-9-22-14-16/h3-9,14-15H,10-13H2,1-2H3. The van der Waals surface area contributed by atoms with Crippen LogP contribution in [0.4, 0.5) is 0 Å². The van der Waals surface area contributed by atoms with Crippen LogP contribution in [0.3, 0.4) is 0 Å². The third kappa shape index (κ3) is 3.84. The van der Waals surface area contributed by atoms with Crippen LogP contribution in [0, 0.1) is 0 Å². The average Bonchev–Trinajstić information content (AvgIpc) is 2.79. The normalized spacial score (nSPS) is 15.5. The Bertz CT molecular complexity index is 1280. The summed E-state index contributed by atoms with van der Waals surface area (Å²) in [7, 11) is -3.66. The third-order valence-corrected chi connectivity index (χ3v) is 7.20. The fraction of sp³-hybridized carbons (Fsp3) is 0.333. The molecule has 9 nitrogen and oxygen atoms in total. The molecule has 31 heavy (non-hydrogen) atoms. The molecule has 0 bridgehead atoms. The number of carbonyl (C=O) groups is 1. The van der Waals surface area contributed by atoms with Gasteiger partial charge in [-0.15, -0.1) is 0 Å². The maximum atomic E-state index is 13.3. The van der Waals surface area contributed by atoms with E-state index in [0.717, 1.165) is 0 Å². The number of benzene rings is 1. The minimum Gasteiger partial charge on any atom is -0.335 e. The fourth-order valence-corrected chi connectivity index (χ4v) is 5.03. The molecule has 1 saturated heterocycles. The molecule has 4 rings (SSSR count). The molecule has 1 aliphatic rings. The molecule has 0 aliphatic carbocycles. The van der Waals surface area contributed by atoms with Crippen molar-refractivity contribution in [2.24, 2.45) is 0 Å². The van der Waals surface area contributed by atoms with Gasteiger partial charge in [0.15, 0.2) is 5.69 Å². The summed E-state index contributed by atoms with van der Waals surface area (Å²) in [6.07, 6.45) is 2.83. The second kappa shape index (κ2) is 8.20. The van der Waals surface area contributed by atoms with Crippen LogP contribution in [0.2, 0.25) is 0 Å². The van der Waals surface area contributed by atoms with Crippen molar-refractivity contribution in [2.45, 2.75) is 24.8 Å². The monoisotopic (exact) mass is 441 g/mol. The predicted molar refractivity (Wildman–Crippen MR) is 115 cm³/mol. The van der Waals surface area contributed by atoms with Crippen LogP contribution >= 0.6 is 0 Å². The van der Waals surface area contributed by atoms with E-state index in [1.165, 1.54) is 27.4 Å². The Kier molecular flexibility index (Phi) is 5.59. The summed E-state index contributed by atoms with van der Waals surface area (Å²) in [6.45, 7) is 4.47. The van der Waals surface area contributed by atoms with E-state index in [-0.39, 0.29) is 54.3 Å². The van der Waals surface area contributed by atoms with Crippen LogP contribution in [-0.4, -0.2) is 64.5 Å². The minimum atomic E-state index is -3.66. The maximum absolute atomic E-state index is 13.3. The van der Waals surface area contributed by atoms with Crippen LogP contribution in [0.15, 0.2) is 58.5 Å². The van der Waals surface area contributed by atoms with Crippen LogP contribution < -0.4 is 5.56 Å². The second-order valence-corrected chi connectivity index (χ2v) is 9.56. The molecule has 1 aliphatic heterocycles. The van der Waals surface area contributed by atoms with Crippen LogP contribution in [0.1, 0.15) is 30.4 Å². The average molecular weight is 442 g/mol. The van der Waals surface area contributed by atoms with Gasteiger partial charge in [0.05, 0.1) is 11.4 Å². The van der Waals surface area contributed by atoms with E-state index in [9.17, 15) is 18.0 Å². The first-order chi connectivity index (χ1) is 14.8. The lowest BCUT2D eigenvalue weighted by Crippen LogP contribution is -2.50. The molecule has 1 amide bonds. The molecule has 0 atom stereocenters. The highest BCUT2D eigenvalue weighted by molar-refractivity contribution is 7.89. The quantitative estimate of drug-likeness (QED) is 0.608. The molecule has 1 aromatic carbocycles. The van der Waals surface area contributed by atoms with Crippen LogP contribution in [0.5, 0.6) is 0 Å². The zero-order chi connectivity index (χ0) is 22.2. The Hall–Kier alpha value is -3.11. The lowest BCUT2D eigenvalue weighted by atomic mass is 10.1. The molecule has 3 heterocycles. The summed E-state index contributed by atoms with van der Waals surface area (Å²) in [6, 6.07) is 9.80. The number of pyridine rings is 1. The summed E-state index contributed by atoms with van der Waals surface area (Å²) in [5.74, 6) is -0.316. The first-order valence-corrected chi connectivity index (χ1v) is 11.5. The van der Waals surface area contributed by atoms with Gasteiger partial charge in [-0.3, -0.25) is 14.6 Å². The summed E-state index contributed by atoms with van der Waals surface area (Å²) in [5.41, 5.74) is -0.0398. The Morgan fingerprint density at radius 2 is 1.68 bits per heavy atom. The van der Waals surface area contributed by atoms with Crippen molar-refractivity contribution in [3.05, 3.63) is 64.8 Å². The van der Waals surface area contributed by atoms with E-state index >= 15 is 0 Å². The molecule has 1 fully saturated rings. The molecule has 0 spiro atoms. The number of piperazine rings is 1. The van der Waals surface area contributed by atoms with E-state index in [2.05, 4.69) is 10.1 Å². The lowest BCUT2D eigenvalue weighted by Gasteiger charge is -2.34. The van der Waals surface area contributed by atoms with Crippen molar-refractivity contribution in [1.29, 1.82) is 0 Å². The summed E-state index contributed by atoms with van der Waals surface area (Å²) < 4.78 is 28.3. The number of sulfonamides is 1. The van der Waals surface area contributed by atoms with Crippen molar-refractivity contribution in [3.8, 4) is 0 Å². The van der Waals surface area contributed by atoms with Gasteiger partial charge >= 0.3 is 0 Å². The van der Waals surface area contributed by atoms with Gasteiger partial charge in [0.2, 0.25) is 10.0 Å². The van der Waals surface area contributed by atoms with E-state index < -0.39 is 10.0 Å².